The van der Waals surface area contributed by atoms with E-state index in [4.69, 9.17) is 9.47 Å². The van der Waals surface area contributed by atoms with Crippen molar-refractivity contribution >= 4 is 17.5 Å². The zero-order valence-corrected chi connectivity index (χ0v) is 15.9. The van der Waals surface area contributed by atoms with Gasteiger partial charge in [-0.15, -0.1) is 0 Å². The minimum atomic E-state index is -0.671. The van der Waals surface area contributed by atoms with Gasteiger partial charge in [0.2, 0.25) is 6.10 Å². The van der Waals surface area contributed by atoms with Gasteiger partial charge in [-0.25, -0.2) is 9.97 Å². The highest BCUT2D eigenvalue weighted by atomic mass is 16.6. The molecule has 28 heavy (non-hydrogen) atoms. The molecule has 2 unspecified atom stereocenters. The van der Waals surface area contributed by atoms with Crippen LogP contribution in [-0.2, 0) is 4.79 Å². The summed E-state index contributed by atoms with van der Waals surface area (Å²) in [7, 11) is 0. The Balaban J connectivity index is 1.25. The normalized spacial score (nSPS) is 20.7. The third-order valence-corrected chi connectivity index (χ3v) is 4.91. The van der Waals surface area contributed by atoms with Crippen molar-refractivity contribution in [1.29, 1.82) is 0 Å². The Kier molecular flexibility index (Phi) is 5.45. The predicted molar refractivity (Wildman–Crippen MR) is 106 cm³/mol. The number of fused-ring (bicyclic) bond motifs is 1. The zero-order valence-electron chi connectivity index (χ0n) is 15.9. The topological polar surface area (TPSA) is 88.6 Å². The van der Waals surface area contributed by atoms with Gasteiger partial charge in [0.05, 0.1) is 0 Å². The van der Waals surface area contributed by atoms with Crippen LogP contribution in [0.4, 0.5) is 11.6 Å². The number of aromatic nitrogens is 2. The summed E-state index contributed by atoms with van der Waals surface area (Å²) in [4.78, 5) is 23.3. The van der Waals surface area contributed by atoms with Crippen LogP contribution in [0.25, 0.3) is 0 Å². The van der Waals surface area contributed by atoms with Crippen molar-refractivity contribution in [3.05, 3.63) is 36.7 Å². The van der Waals surface area contributed by atoms with Crippen LogP contribution in [0.3, 0.4) is 0 Å². The first-order valence-corrected chi connectivity index (χ1v) is 9.71. The Morgan fingerprint density at radius 1 is 1.14 bits per heavy atom. The second-order valence-electron chi connectivity index (χ2n) is 6.98. The summed E-state index contributed by atoms with van der Waals surface area (Å²) in [5.74, 6) is 2.77. The molecular formula is C20H25N5O3. The minimum absolute atomic E-state index is 0.191. The SMILES string of the molecule is CC1Oc2ccccc2OC1C(=O)NCCNc1cc(N2CCCC2)ncn1. The molecule has 0 radical (unpaired) electrons. The first-order valence-electron chi connectivity index (χ1n) is 9.71. The monoisotopic (exact) mass is 383 g/mol. The molecule has 4 rings (SSSR count). The summed E-state index contributed by atoms with van der Waals surface area (Å²) in [5.41, 5.74) is 0. The molecule has 8 heteroatoms. The molecule has 2 atom stereocenters. The molecule has 2 aromatic rings. The van der Waals surface area contributed by atoms with Crippen LogP contribution in [0.1, 0.15) is 19.8 Å². The highest BCUT2D eigenvalue weighted by Gasteiger charge is 2.33. The molecule has 2 aliphatic rings. The number of carbonyl (C=O) groups is 1. The van der Waals surface area contributed by atoms with E-state index in [2.05, 4.69) is 25.5 Å². The number of ether oxygens (including phenoxy) is 2. The average molecular weight is 383 g/mol. The number of amides is 1. The number of hydrogen-bond acceptors (Lipinski definition) is 7. The molecule has 1 saturated heterocycles. The van der Waals surface area contributed by atoms with Crippen LogP contribution in [0.5, 0.6) is 11.5 Å². The molecular weight excluding hydrogens is 358 g/mol. The molecule has 148 valence electrons. The van der Waals surface area contributed by atoms with Crippen LogP contribution in [0, 0.1) is 0 Å². The van der Waals surface area contributed by atoms with E-state index in [1.807, 2.05) is 31.2 Å². The molecule has 8 nitrogen and oxygen atoms in total. The van der Waals surface area contributed by atoms with E-state index in [9.17, 15) is 4.79 Å². The fraction of sp³-hybridized carbons (Fsp3) is 0.450. The molecule has 1 aromatic carbocycles. The summed E-state index contributed by atoms with van der Waals surface area (Å²) in [6, 6.07) is 9.32. The van der Waals surface area contributed by atoms with E-state index in [-0.39, 0.29) is 12.0 Å². The van der Waals surface area contributed by atoms with Crippen LogP contribution in [-0.4, -0.2) is 54.3 Å². The van der Waals surface area contributed by atoms with Crippen molar-refractivity contribution < 1.29 is 14.3 Å². The minimum Gasteiger partial charge on any atom is -0.482 e. The van der Waals surface area contributed by atoms with Gasteiger partial charge in [-0.2, -0.15) is 0 Å². The summed E-state index contributed by atoms with van der Waals surface area (Å²) in [6.45, 7) is 4.92. The number of hydrogen-bond donors (Lipinski definition) is 2. The van der Waals surface area contributed by atoms with E-state index >= 15 is 0 Å². The largest absolute Gasteiger partial charge is 0.482 e. The Morgan fingerprint density at radius 3 is 2.68 bits per heavy atom. The van der Waals surface area contributed by atoms with Gasteiger partial charge in [0.1, 0.15) is 24.1 Å². The number of benzene rings is 1. The van der Waals surface area contributed by atoms with Gasteiger partial charge in [-0.1, -0.05) is 12.1 Å². The molecule has 3 heterocycles. The molecule has 2 N–H and O–H groups in total. The summed E-state index contributed by atoms with van der Waals surface area (Å²) < 4.78 is 11.6. The lowest BCUT2D eigenvalue weighted by molar-refractivity contribution is -0.133. The van der Waals surface area contributed by atoms with Gasteiger partial charge >= 0.3 is 0 Å². The maximum atomic E-state index is 12.5. The highest BCUT2D eigenvalue weighted by molar-refractivity contribution is 5.82. The summed E-state index contributed by atoms with van der Waals surface area (Å²) >= 11 is 0. The van der Waals surface area contributed by atoms with Gasteiger partial charge in [0.25, 0.3) is 5.91 Å². The maximum absolute atomic E-state index is 12.5. The summed E-state index contributed by atoms with van der Waals surface area (Å²) in [6.07, 6.45) is 2.95. The Morgan fingerprint density at radius 2 is 1.89 bits per heavy atom. The van der Waals surface area contributed by atoms with Crippen molar-refractivity contribution in [1.82, 2.24) is 15.3 Å². The third-order valence-electron chi connectivity index (χ3n) is 4.91. The van der Waals surface area contributed by atoms with Crippen molar-refractivity contribution in [2.45, 2.75) is 32.0 Å². The molecule has 0 aliphatic carbocycles. The zero-order chi connectivity index (χ0) is 19.3. The average Bonchev–Trinajstić information content (AvgIpc) is 3.26. The van der Waals surface area contributed by atoms with E-state index in [1.165, 1.54) is 12.8 Å². The number of rotatable bonds is 6. The van der Waals surface area contributed by atoms with Crippen molar-refractivity contribution in [2.24, 2.45) is 0 Å². The standard InChI is InChI=1S/C20H25N5O3/c1-14-19(28-16-7-3-2-6-15(16)27-14)20(26)22-9-8-21-17-12-18(24-13-23-17)25-10-4-5-11-25/h2-3,6-7,12-14,19H,4-5,8-11H2,1H3,(H,22,26)(H,21,23,24). The molecule has 1 aromatic heterocycles. The van der Waals surface area contributed by atoms with E-state index in [0.29, 0.717) is 24.6 Å². The van der Waals surface area contributed by atoms with Gasteiger partial charge in [0, 0.05) is 32.2 Å². The van der Waals surface area contributed by atoms with Gasteiger partial charge in [-0.3, -0.25) is 4.79 Å². The fourth-order valence-corrected chi connectivity index (χ4v) is 3.45. The molecule has 1 amide bonds. The second-order valence-corrected chi connectivity index (χ2v) is 6.98. The Labute approximate surface area is 164 Å². The van der Waals surface area contributed by atoms with E-state index in [0.717, 1.165) is 24.7 Å². The highest BCUT2D eigenvalue weighted by Crippen LogP contribution is 2.33. The quantitative estimate of drug-likeness (QED) is 0.736. The molecule has 2 aliphatic heterocycles. The van der Waals surface area contributed by atoms with E-state index in [1.54, 1.807) is 12.4 Å². The third kappa shape index (κ3) is 4.11. The van der Waals surface area contributed by atoms with Gasteiger partial charge in [-0.05, 0) is 31.9 Å². The van der Waals surface area contributed by atoms with Crippen LogP contribution in [0.2, 0.25) is 0 Å². The van der Waals surface area contributed by atoms with Crippen molar-refractivity contribution in [3.63, 3.8) is 0 Å². The van der Waals surface area contributed by atoms with Crippen LogP contribution in [0.15, 0.2) is 36.7 Å². The van der Waals surface area contributed by atoms with Crippen molar-refractivity contribution in [2.75, 3.05) is 36.4 Å². The lowest BCUT2D eigenvalue weighted by Gasteiger charge is -2.31. The number of anilines is 2. The maximum Gasteiger partial charge on any atom is 0.265 e. The van der Waals surface area contributed by atoms with Crippen molar-refractivity contribution in [3.8, 4) is 11.5 Å². The molecule has 0 spiro atoms. The van der Waals surface area contributed by atoms with Crippen LogP contribution >= 0.6 is 0 Å². The first-order chi connectivity index (χ1) is 13.7. The Bertz CT molecular complexity index is 825. The number of nitrogens with zero attached hydrogens (tertiary/aromatic N) is 3. The second kappa shape index (κ2) is 8.33. The van der Waals surface area contributed by atoms with Crippen LogP contribution < -0.4 is 25.0 Å². The smallest absolute Gasteiger partial charge is 0.265 e. The molecule has 0 saturated carbocycles. The predicted octanol–water partition coefficient (Wildman–Crippen LogP) is 1.83. The number of carbonyl (C=O) groups excluding carboxylic acids is 1. The lowest BCUT2D eigenvalue weighted by atomic mass is 10.1. The fourth-order valence-electron chi connectivity index (χ4n) is 3.45. The Hall–Kier alpha value is -3.03. The number of para-hydroxylation sites is 2. The lowest BCUT2D eigenvalue weighted by Crippen LogP contribution is -2.49. The summed E-state index contributed by atoms with van der Waals surface area (Å²) in [5, 5.41) is 6.12. The molecule has 0 bridgehead atoms. The number of nitrogens with one attached hydrogen (secondary N) is 2. The van der Waals surface area contributed by atoms with Gasteiger partial charge in [0.15, 0.2) is 11.5 Å². The van der Waals surface area contributed by atoms with E-state index < -0.39 is 6.10 Å². The first kappa shape index (κ1) is 18.3. The van der Waals surface area contributed by atoms with Gasteiger partial charge < -0.3 is 25.0 Å². The molecule has 1 fully saturated rings.